The Balaban J connectivity index is 1.74. The van der Waals surface area contributed by atoms with E-state index in [9.17, 15) is 0 Å². The second-order valence-corrected chi connectivity index (χ2v) is 8.53. The minimum atomic E-state index is 1.32. The maximum atomic E-state index is 2.42. The summed E-state index contributed by atoms with van der Waals surface area (Å²) in [5.41, 5.74) is 0. The van der Waals surface area contributed by atoms with Gasteiger partial charge in [-0.25, -0.2) is 0 Å². The van der Waals surface area contributed by atoms with Crippen molar-refractivity contribution in [3.8, 4) is 0 Å². The molecule has 0 heteroatoms. The summed E-state index contributed by atoms with van der Waals surface area (Å²) in [6.45, 7) is 0. The van der Waals surface area contributed by atoms with Crippen molar-refractivity contribution in [2.24, 2.45) is 0 Å². The van der Waals surface area contributed by atoms with Gasteiger partial charge in [0.25, 0.3) is 0 Å². The number of hydrogen-bond donors (Lipinski definition) is 0. The molecule has 0 unspecified atom stereocenters. The van der Waals surface area contributed by atoms with Gasteiger partial charge in [0.1, 0.15) is 0 Å². The van der Waals surface area contributed by atoms with E-state index in [0.717, 1.165) is 0 Å². The lowest BCUT2D eigenvalue weighted by molar-refractivity contribution is 1.85. The first-order valence-corrected chi connectivity index (χ1v) is 10.5. The molecule has 0 amide bonds. The molecule has 0 spiro atoms. The topological polar surface area (TPSA) is 0 Å². The van der Waals surface area contributed by atoms with Gasteiger partial charge in [0, 0.05) is 0 Å². The summed E-state index contributed by atoms with van der Waals surface area (Å²) in [6.07, 6.45) is 0. The zero-order valence-corrected chi connectivity index (χ0v) is 16.2. The van der Waals surface area contributed by atoms with Gasteiger partial charge in [-0.15, -0.1) is 0 Å². The summed E-state index contributed by atoms with van der Waals surface area (Å²) in [4.78, 5) is 0. The molecule has 0 atom stereocenters. The standard InChI is InChI=1S/C30H16/c1-2-9-23-21(8-1)22-10-4-7-19-16-26-24(30(23)29(19)22)13-12-20-15-18-6-3-5-17-11-14-25(27(17)18)28(20)26/h1-16H. The van der Waals surface area contributed by atoms with Crippen LogP contribution in [0.15, 0.2) is 97.1 Å². The molecule has 136 valence electrons. The highest BCUT2D eigenvalue weighted by Crippen LogP contribution is 2.45. The van der Waals surface area contributed by atoms with Crippen LogP contribution >= 0.6 is 0 Å². The Morgan fingerprint density at radius 3 is 1.80 bits per heavy atom. The van der Waals surface area contributed by atoms with Gasteiger partial charge in [-0.2, -0.15) is 0 Å². The van der Waals surface area contributed by atoms with E-state index in [1.165, 1.54) is 75.4 Å². The molecule has 0 aliphatic carbocycles. The SMILES string of the molecule is c1cc2ccc3c2c(c1)cc1ccc2c(cc4cccc5c6ccccc6c2c45)c13. The van der Waals surface area contributed by atoms with Gasteiger partial charge < -0.3 is 0 Å². The maximum Gasteiger partial charge on any atom is -0.00141 e. The maximum absolute atomic E-state index is 2.42. The molecule has 8 aromatic carbocycles. The largest absolute Gasteiger partial charge is 0.0616 e. The van der Waals surface area contributed by atoms with E-state index in [2.05, 4.69) is 97.1 Å². The first-order valence-electron chi connectivity index (χ1n) is 10.5. The summed E-state index contributed by atoms with van der Waals surface area (Å²) >= 11 is 0. The van der Waals surface area contributed by atoms with Crippen molar-refractivity contribution in [2.45, 2.75) is 0 Å². The van der Waals surface area contributed by atoms with Gasteiger partial charge in [0.2, 0.25) is 0 Å². The van der Waals surface area contributed by atoms with E-state index in [1.54, 1.807) is 0 Å². The van der Waals surface area contributed by atoms with Crippen LogP contribution in [0.2, 0.25) is 0 Å². The van der Waals surface area contributed by atoms with Crippen molar-refractivity contribution in [2.75, 3.05) is 0 Å². The molecule has 0 bridgehead atoms. The lowest BCUT2D eigenvalue weighted by Crippen LogP contribution is -1.83. The fourth-order valence-electron chi connectivity index (χ4n) is 5.92. The molecule has 0 N–H and O–H groups in total. The molecular weight excluding hydrogens is 360 g/mol. The average molecular weight is 376 g/mol. The second-order valence-electron chi connectivity index (χ2n) is 8.53. The van der Waals surface area contributed by atoms with Gasteiger partial charge in [-0.1, -0.05) is 84.9 Å². The van der Waals surface area contributed by atoms with Crippen molar-refractivity contribution in [1.29, 1.82) is 0 Å². The first kappa shape index (κ1) is 15.0. The highest BCUT2D eigenvalue weighted by Gasteiger charge is 2.17. The van der Waals surface area contributed by atoms with E-state index in [1.807, 2.05) is 0 Å². The molecule has 0 aliphatic heterocycles. The molecule has 0 aliphatic rings. The van der Waals surface area contributed by atoms with Crippen LogP contribution in [-0.4, -0.2) is 0 Å². The number of hydrogen-bond acceptors (Lipinski definition) is 0. The molecule has 0 aromatic heterocycles. The van der Waals surface area contributed by atoms with Crippen LogP contribution in [0.25, 0.3) is 75.4 Å². The van der Waals surface area contributed by atoms with Crippen molar-refractivity contribution in [3.63, 3.8) is 0 Å². The average Bonchev–Trinajstić information content (AvgIpc) is 3.37. The molecule has 30 heavy (non-hydrogen) atoms. The number of fused-ring (bicyclic) bond motifs is 8. The van der Waals surface area contributed by atoms with Crippen molar-refractivity contribution in [1.82, 2.24) is 0 Å². The summed E-state index contributed by atoms with van der Waals surface area (Å²) in [5, 5.41) is 19.1. The molecule has 8 rings (SSSR count). The van der Waals surface area contributed by atoms with E-state index < -0.39 is 0 Å². The van der Waals surface area contributed by atoms with Crippen LogP contribution in [0.1, 0.15) is 0 Å². The predicted octanol–water partition coefficient (Wildman–Crippen LogP) is 8.63. The summed E-state index contributed by atoms with van der Waals surface area (Å²) in [5.74, 6) is 0. The lowest BCUT2D eigenvalue weighted by Gasteiger charge is -2.11. The third-order valence-corrected chi connectivity index (χ3v) is 7.09. The number of benzene rings is 6. The first-order chi connectivity index (χ1) is 14.9. The Kier molecular flexibility index (Phi) is 2.49. The highest BCUT2D eigenvalue weighted by atomic mass is 14.2. The molecule has 0 fully saturated rings. The van der Waals surface area contributed by atoms with E-state index in [4.69, 9.17) is 0 Å². The van der Waals surface area contributed by atoms with E-state index in [-0.39, 0.29) is 0 Å². The molecule has 0 heterocycles. The van der Waals surface area contributed by atoms with Crippen LogP contribution in [0, 0.1) is 0 Å². The van der Waals surface area contributed by atoms with Gasteiger partial charge in [0.15, 0.2) is 0 Å². The lowest BCUT2D eigenvalue weighted by atomic mass is 9.92. The van der Waals surface area contributed by atoms with Crippen LogP contribution in [0.3, 0.4) is 0 Å². The van der Waals surface area contributed by atoms with Gasteiger partial charge in [-0.3, -0.25) is 0 Å². The smallest absolute Gasteiger partial charge is 0.00141 e. The minimum Gasteiger partial charge on any atom is -0.0616 e. The Morgan fingerprint density at radius 2 is 0.867 bits per heavy atom. The van der Waals surface area contributed by atoms with Crippen LogP contribution in [0.4, 0.5) is 0 Å². The zero-order chi connectivity index (χ0) is 19.4. The predicted molar refractivity (Wildman–Crippen MR) is 131 cm³/mol. The fourth-order valence-corrected chi connectivity index (χ4v) is 5.92. The zero-order valence-electron chi connectivity index (χ0n) is 16.2. The van der Waals surface area contributed by atoms with Crippen molar-refractivity contribution >= 4 is 75.4 Å². The van der Waals surface area contributed by atoms with Gasteiger partial charge >= 0.3 is 0 Å². The molecular formula is C30H16. The molecule has 0 radical (unpaired) electrons. The van der Waals surface area contributed by atoms with Crippen LogP contribution in [0.5, 0.6) is 0 Å². The Labute approximate surface area is 172 Å². The summed E-state index contributed by atoms with van der Waals surface area (Å²) < 4.78 is 0. The Bertz CT molecular complexity index is 1940. The Morgan fingerprint density at radius 1 is 0.267 bits per heavy atom. The normalized spacial score (nSPS) is 12.7. The van der Waals surface area contributed by atoms with Gasteiger partial charge in [-0.05, 0) is 87.5 Å². The van der Waals surface area contributed by atoms with E-state index in [0.29, 0.717) is 0 Å². The summed E-state index contributed by atoms with van der Waals surface area (Å²) in [7, 11) is 0. The molecule has 0 nitrogen and oxygen atoms in total. The molecule has 8 aromatic rings. The van der Waals surface area contributed by atoms with Gasteiger partial charge in [0.05, 0.1) is 0 Å². The van der Waals surface area contributed by atoms with Crippen LogP contribution in [-0.2, 0) is 0 Å². The minimum absolute atomic E-state index is 1.32. The summed E-state index contributed by atoms with van der Waals surface area (Å²) in [6, 6.07) is 36.3. The monoisotopic (exact) mass is 376 g/mol. The van der Waals surface area contributed by atoms with E-state index >= 15 is 0 Å². The Hall–Kier alpha value is -3.90. The number of rotatable bonds is 0. The second kappa shape index (κ2) is 4.98. The van der Waals surface area contributed by atoms with Crippen molar-refractivity contribution < 1.29 is 0 Å². The highest BCUT2D eigenvalue weighted by molar-refractivity contribution is 6.40. The third-order valence-electron chi connectivity index (χ3n) is 7.09. The van der Waals surface area contributed by atoms with Crippen LogP contribution < -0.4 is 0 Å². The molecule has 0 saturated carbocycles. The van der Waals surface area contributed by atoms with Crippen molar-refractivity contribution in [3.05, 3.63) is 97.1 Å². The third kappa shape index (κ3) is 1.62. The molecule has 0 saturated heterocycles. The fraction of sp³-hybridized carbons (Fsp3) is 0. The quantitative estimate of drug-likeness (QED) is 0.183.